The van der Waals surface area contributed by atoms with E-state index in [1.165, 1.54) is 0 Å². The lowest BCUT2D eigenvalue weighted by Crippen LogP contribution is -2.45. The first-order chi connectivity index (χ1) is 13.2. The van der Waals surface area contributed by atoms with E-state index in [0.717, 1.165) is 54.1 Å². The van der Waals surface area contributed by atoms with E-state index in [1.807, 2.05) is 43.3 Å². The quantitative estimate of drug-likeness (QED) is 0.694. The molecule has 5 heteroatoms. The first kappa shape index (κ1) is 17.5. The predicted molar refractivity (Wildman–Crippen MR) is 105 cm³/mol. The largest absolute Gasteiger partial charge is 0.451 e. The Labute approximate surface area is 157 Å². The molecule has 2 N–H and O–H groups in total. The molecular weight excluding hydrogens is 340 g/mol. The predicted octanol–water partition coefficient (Wildman–Crippen LogP) is 3.70. The van der Waals surface area contributed by atoms with Crippen LogP contribution in [0.1, 0.15) is 39.3 Å². The van der Waals surface area contributed by atoms with Crippen molar-refractivity contribution >= 4 is 23.0 Å². The number of piperidine rings is 1. The van der Waals surface area contributed by atoms with Gasteiger partial charge in [0, 0.05) is 23.7 Å². The first-order valence-electron chi connectivity index (χ1n) is 9.26. The third-order valence-electron chi connectivity index (χ3n) is 5.14. The minimum absolute atomic E-state index is 0.144. The van der Waals surface area contributed by atoms with Gasteiger partial charge < -0.3 is 15.1 Å². The number of benzene rings is 2. The fourth-order valence-corrected chi connectivity index (χ4v) is 3.62. The van der Waals surface area contributed by atoms with Crippen molar-refractivity contribution in [1.82, 2.24) is 10.6 Å². The number of rotatable bonds is 4. The Morgan fingerprint density at radius 2 is 2.11 bits per heavy atom. The maximum Gasteiger partial charge on any atom is 0.287 e. The average Bonchev–Trinajstić information content (AvgIpc) is 3.19. The summed E-state index contributed by atoms with van der Waals surface area (Å²) in [6.07, 6.45) is 2.94. The molecule has 1 aromatic heterocycles. The van der Waals surface area contributed by atoms with Crippen molar-refractivity contribution in [2.75, 3.05) is 13.1 Å². The fourth-order valence-electron chi connectivity index (χ4n) is 3.62. The van der Waals surface area contributed by atoms with Gasteiger partial charge in [-0.3, -0.25) is 9.59 Å². The first-order valence-corrected chi connectivity index (χ1v) is 9.26. The second-order valence-corrected chi connectivity index (χ2v) is 7.03. The normalized spacial score (nSPS) is 17.0. The maximum atomic E-state index is 12.4. The molecule has 1 aliphatic rings. The molecule has 1 saturated heterocycles. The van der Waals surface area contributed by atoms with Crippen molar-refractivity contribution < 1.29 is 14.0 Å². The molecule has 138 valence electrons. The Morgan fingerprint density at radius 1 is 1.22 bits per heavy atom. The van der Waals surface area contributed by atoms with Crippen LogP contribution in [0.3, 0.4) is 0 Å². The molecule has 4 rings (SSSR count). The average molecular weight is 362 g/mol. The lowest BCUT2D eigenvalue weighted by Gasteiger charge is -2.23. The van der Waals surface area contributed by atoms with Crippen LogP contribution < -0.4 is 10.6 Å². The number of aryl methyl sites for hydroxylation is 1. The van der Waals surface area contributed by atoms with Gasteiger partial charge in [0.25, 0.3) is 5.91 Å². The summed E-state index contributed by atoms with van der Waals surface area (Å²) in [5.74, 6) is 0.764. The van der Waals surface area contributed by atoms with Crippen LogP contribution >= 0.6 is 0 Å². The molecule has 1 atom stereocenters. The van der Waals surface area contributed by atoms with E-state index in [4.69, 9.17) is 4.42 Å². The number of carbonyl (C=O) groups is 2. The molecule has 1 amide bonds. The van der Waals surface area contributed by atoms with E-state index >= 15 is 0 Å². The van der Waals surface area contributed by atoms with Gasteiger partial charge >= 0.3 is 0 Å². The number of amides is 1. The summed E-state index contributed by atoms with van der Waals surface area (Å²) in [5, 5.41) is 8.19. The van der Waals surface area contributed by atoms with Gasteiger partial charge in [0.2, 0.25) is 0 Å². The van der Waals surface area contributed by atoms with Crippen LogP contribution in [0.5, 0.6) is 0 Å². The van der Waals surface area contributed by atoms with Gasteiger partial charge in [-0.15, -0.1) is 0 Å². The van der Waals surface area contributed by atoms with Gasteiger partial charge in [-0.1, -0.05) is 24.3 Å². The highest BCUT2D eigenvalue weighted by Gasteiger charge is 2.19. The molecule has 27 heavy (non-hydrogen) atoms. The van der Waals surface area contributed by atoms with Crippen LogP contribution in [0.2, 0.25) is 0 Å². The van der Waals surface area contributed by atoms with Gasteiger partial charge in [-0.25, -0.2) is 0 Å². The highest BCUT2D eigenvalue weighted by Crippen LogP contribution is 2.28. The third kappa shape index (κ3) is 3.51. The number of fused-ring (bicyclic) bond motifs is 1. The summed E-state index contributed by atoms with van der Waals surface area (Å²) >= 11 is 0. The topological polar surface area (TPSA) is 71.3 Å². The fraction of sp³-hybridized carbons (Fsp3) is 0.273. The van der Waals surface area contributed by atoms with Gasteiger partial charge in [-0.2, -0.15) is 0 Å². The van der Waals surface area contributed by atoms with Gasteiger partial charge in [0.1, 0.15) is 5.76 Å². The SMILES string of the molecule is Cc1ccc2cc(-c3ccc(C(=O)NC4CCCNC4)o3)ccc2c1C=O. The van der Waals surface area contributed by atoms with Crippen LogP contribution in [-0.4, -0.2) is 31.3 Å². The number of nitrogens with one attached hydrogen (secondary N) is 2. The molecule has 0 bridgehead atoms. The smallest absolute Gasteiger partial charge is 0.287 e. The molecule has 2 heterocycles. The summed E-state index contributed by atoms with van der Waals surface area (Å²) in [6.45, 7) is 3.73. The summed E-state index contributed by atoms with van der Waals surface area (Å²) in [5.41, 5.74) is 2.54. The molecular formula is C22H22N2O3. The number of aldehydes is 1. The molecule has 0 aliphatic carbocycles. The zero-order valence-electron chi connectivity index (χ0n) is 15.2. The van der Waals surface area contributed by atoms with Crippen LogP contribution in [0.15, 0.2) is 46.9 Å². The number of hydrogen-bond donors (Lipinski definition) is 2. The van der Waals surface area contributed by atoms with Gasteiger partial charge in [-0.05, 0) is 60.8 Å². The Kier molecular flexibility index (Phi) is 4.77. The number of carbonyl (C=O) groups excluding carboxylic acids is 2. The van der Waals surface area contributed by atoms with Crippen molar-refractivity contribution in [3.63, 3.8) is 0 Å². The van der Waals surface area contributed by atoms with Gasteiger partial charge in [0.15, 0.2) is 12.0 Å². The Balaban J connectivity index is 1.58. The lowest BCUT2D eigenvalue weighted by atomic mass is 9.98. The maximum absolute atomic E-state index is 12.4. The Bertz CT molecular complexity index is 1000. The minimum Gasteiger partial charge on any atom is -0.451 e. The highest BCUT2D eigenvalue weighted by molar-refractivity contribution is 6.01. The van der Waals surface area contributed by atoms with E-state index in [0.29, 0.717) is 17.1 Å². The summed E-state index contributed by atoms with van der Waals surface area (Å²) in [4.78, 5) is 23.8. The van der Waals surface area contributed by atoms with Crippen molar-refractivity contribution in [2.24, 2.45) is 0 Å². The van der Waals surface area contributed by atoms with Crippen molar-refractivity contribution in [1.29, 1.82) is 0 Å². The molecule has 1 aliphatic heterocycles. The number of hydrogen-bond acceptors (Lipinski definition) is 4. The Morgan fingerprint density at radius 3 is 2.89 bits per heavy atom. The number of furan rings is 1. The minimum atomic E-state index is -0.186. The van der Waals surface area contributed by atoms with Crippen LogP contribution in [0.25, 0.3) is 22.1 Å². The zero-order valence-corrected chi connectivity index (χ0v) is 15.2. The van der Waals surface area contributed by atoms with E-state index < -0.39 is 0 Å². The molecule has 1 unspecified atom stereocenters. The van der Waals surface area contributed by atoms with E-state index in [-0.39, 0.29) is 11.9 Å². The molecule has 3 aromatic rings. The molecule has 0 radical (unpaired) electrons. The highest BCUT2D eigenvalue weighted by atomic mass is 16.3. The zero-order chi connectivity index (χ0) is 18.8. The molecule has 0 spiro atoms. The monoisotopic (exact) mass is 362 g/mol. The van der Waals surface area contributed by atoms with Crippen molar-refractivity contribution in [2.45, 2.75) is 25.8 Å². The standard InChI is InChI=1S/C22H22N2O3/c1-14-4-5-15-11-16(6-7-18(15)19(14)13-25)20-8-9-21(27-20)22(26)24-17-3-2-10-23-12-17/h4-9,11,13,17,23H,2-3,10,12H2,1H3,(H,24,26). The van der Waals surface area contributed by atoms with Crippen molar-refractivity contribution in [3.05, 3.63) is 59.4 Å². The lowest BCUT2D eigenvalue weighted by molar-refractivity contribution is 0.0903. The molecule has 0 saturated carbocycles. The summed E-state index contributed by atoms with van der Waals surface area (Å²) < 4.78 is 5.80. The van der Waals surface area contributed by atoms with Crippen LogP contribution in [0.4, 0.5) is 0 Å². The molecule has 5 nitrogen and oxygen atoms in total. The Hall–Kier alpha value is -2.92. The second-order valence-electron chi connectivity index (χ2n) is 7.03. The molecule has 2 aromatic carbocycles. The van der Waals surface area contributed by atoms with E-state index in [1.54, 1.807) is 6.07 Å². The van der Waals surface area contributed by atoms with E-state index in [9.17, 15) is 9.59 Å². The van der Waals surface area contributed by atoms with Crippen LogP contribution in [-0.2, 0) is 0 Å². The van der Waals surface area contributed by atoms with E-state index in [2.05, 4.69) is 10.6 Å². The molecule has 1 fully saturated rings. The van der Waals surface area contributed by atoms with Gasteiger partial charge in [0.05, 0.1) is 0 Å². The van der Waals surface area contributed by atoms with Crippen molar-refractivity contribution in [3.8, 4) is 11.3 Å². The van der Waals surface area contributed by atoms with Crippen LogP contribution in [0, 0.1) is 6.92 Å². The third-order valence-corrected chi connectivity index (χ3v) is 5.14. The second kappa shape index (κ2) is 7.37. The summed E-state index contributed by atoms with van der Waals surface area (Å²) in [7, 11) is 0. The summed E-state index contributed by atoms with van der Waals surface area (Å²) in [6, 6.07) is 13.4.